The largest absolute Gasteiger partial charge is 0.384 e. The molecule has 5 heteroatoms. The maximum absolute atomic E-state index is 5.29. The fourth-order valence-electron chi connectivity index (χ4n) is 3.59. The second kappa shape index (κ2) is 10.1. The first-order valence-electron chi connectivity index (χ1n) is 9.47. The van der Waals surface area contributed by atoms with E-state index in [1.54, 1.807) is 7.11 Å². The Balaban J connectivity index is 1.71. The molecule has 5 nitrogen and oxygen atoms in total. The molecule has 2 fully saturated rings. The molecule has 23 heavy (non-hydrogen) atoms. The summed E-state index contributed by atoms with van der Waals surface area (Å²) in [6.45, 7) is 13.2. The van der Waals surface area contributed by atoms with Gasteiger partial charge in [-0.05, 0) is 58.2 Å². The molecule has 0 spiro atoms. The van der Waals surface area contributed by atoms with Crippen LogP contribution in [0.15, 0.2) is 4.99 Å². The minimum Gasteiger partial charge on any atom is -0.384 e. The number of rotatable bonds is 7. The maximum Gasteiger partial charge on any atom is 0.193 e. The first-order valence-corrected chi connectivity index (χ1v) is 9.47. The van der Waals surface area contributed by atoms with Crippen molar-refractivity contribution in [2.45, 2.75) is 39.5 Å². The van der Waals surface area contributed by atoms with Crippen LogP contribution in [0.5, 0.6) is 0 Å². The molecule has 2 heterocycles. The van der Waals surface area contributed by atoms with Gasteiger partial charge in [-0.2, -0.15) is 0 Å². The van der Waals surface area contributed by atoms with Crippen molar-refractivity contribution in [3.05, 3.63) is 0 Å². The number of methoxy groups -OCH3 is 1. The standard InChI is InChI=1S/C18H36N4O/c1-4-19-18(22-13-8-17(14-22)15-23-3)20-9-5-10-21-11-6-16(2)7-12-21/h16-17H,4-15H2,1-3H3,(H,19,20). The Labute approximate surface area is 142 Å². The molecular formula is C18H36N4O. The molecule has 0 amide bonds. The lowest BCUT2D eigenvalue weighted by molar-refractivity contribution is 0.157. The zero-order valence-corrected chi connectivity index (χ0v) is 15.4. The SMILES string of the molecule is CCNC(=NCCCN1CCC(C)CC1)N1CCC(COC)C1. The third-order valence-electron chi connectivity index (χ3n) is 5.09. The molecule has 0 bridgehead atoms. The molecule has 0 radical (unpaired) electrons. The van der Waals surface area contributed by atoms with Crippen molar-refractivity contribution in [2.75, 3.05) is 59.5 Å². The van der Waals surface area contributed by atoms with Crippen LogP contribution in [0.4, 0.5) is 0 Å². The molecule has 1 unspecified atom stereocenters. The Hall–Kier alpha value is -0.810. The van der Waals surface area contributed by atoms with Crippen molar-refractivity contribution in [1.82, 2.24) is 15.1 Å². The van der Waals surface area contributed by atoms with Gasteiger partial charge < -0.3 is 19.9 Å². The average molecular weight is 325 g/mol. The van der Waals surface area contributed by atoms with E-state index in [1.807, 2.05) is 0 Å². The van der Waals surface area contributed by atoms with Crippen molar-refractivity contribution in [1.29, 1.82) is 0 Å². The van der Waals surface area contributed by atoms with Gasteiger partial charge in [-0.3, -0.25) is 4.99 Å². The van der Waals surface area contributed by atoms with Crippen LogP contribution in [0.25, 0.3) is 0 Å². The number of piperidine rings is 1. The third-order valence-corrected chi connectivity index (χ3v) is 5.09. The van der Waals surface area contributed by atoms with Crippen molar-refractivity contribution in [3.63, 3.8) is 0 Å². The summed E-state index contributed by atoms with van der Waals surface area (Å²) in [5.74, 6) is 2.66. The minimum absolute atomic E-state index is 0.652. The molecule has 134 valence electrons. The third kappa shape index (κ3) is 6.30. The van der Waals surface area contributed by atoms with E-state index in [-0.39, 0.29) is 0 Å². The van der Waals surface area contributed by atoms with E-state index in [9.17, 15) is 0 Å². The predicted octanol–water partition coefficient (Wildman–Crippen LogP) is 2.04. The highest BCUT2D eigenvalue weighted by atomic mass is 16.5. The molecule has 0 aliphatic carbocycles. The maximum atomic E-state index is 5.29. The second-order valence-electron chi connectivity index (χ2n) is 7.17. The van der Waals surface area contributed by atoms with Crippen LogP contribution < -0.4 is 5.32 Å². The van der Waals surface area contributed by atoms with Crippen molar-refractivity contribution in [3.8, 4) is 0 Å². The van der Waals surface area contributed by atoms with E-state index in [1.165, 1.54) is 45.3 Å². The Morgan fingerprint density at radius 2 is 2.00 bits per heavy atom. The number of nitrogens with one attached hydrogen (secondary N) is 1. The Kier molecular flexibility index (Phi) is 8.17. The molecule has 0 saturated carbocycles. The molecule has 2 aliphatic heterocycles. The normalized spacial score (nSPS) is 24.4. The Morgan fingerprint density at radius 1 is 1.22 bits per heavy atom. The van der Waals surface area contributed by atoms with Gasteiger partial charge in [0.25, 0.3) is 0 Å². The van der Waals surface area contributed by atoms with Gasteiger partial charge in [-0.25, -0.2) is 0 Å². The Bertz CT molecular complexity index is 353. The van der Waals surface area contributed by atoms with Crippen molar-refractivity contribution < 1.29 is 4.74 Å². The molecule has 1 N–H and O–H groups in total. The number of likely N-dealkylation sites (tertiary alicyclic amines) is 2. The summed E-state index contributed by atoms with van der Waals surface area (Å²) in [4.78, 5) is 9.86. The molecule has 0 aromatic rings. The van der Waals surface area contributed by atoms with E-state index in [0.717, 1.165) is 44.7 Å². The number of guanidine groups is 1. The predicted molar refractivity (Wildman–Crippen MR) is 97.0 cm³/mol. The van der Waals surface area contributed by atoms with Gasteiger partial charge in [0.05, 0.1) is 6.61 Å². The van der Waals surface area contributed by atoms with Crippen LogP contribution >= 0.6 is 0 Å². The number of aliphatic imine (C=N–C) groups is 1. The van der Waals surface area contributed by atoms with Crippen LogP contribution in [0.2, 0.25) is 0 Å². The van der Waals surface area contributed by atoms with Crippen LogP contribution in [0.1, 0.15) is 39.5 Å². The van der Waals surface area contributed by atoms with Gasteiger partial charge in [-0.1, -0.05) is 6.92 Å². The Morgan fingerprint density at radius 3 is 2.70 bits per heavy atom. The monoisotopic (exact) mass is 324 g/mol. The van der Waals surface area contributed by atoms with Crippen LogP contribution in [0.3, 0.4) is 0 Å². The molecule has 1 atom stereocenters. The quantitative estimate of drug-likeness (QED) is 0.442. The average Bonchev–Trinajstić information content (AvgIpc) is 3.01. The zero-order valence-electron chi connectivity index (χ0n) is 15.4. The highest BCUT2D eigenvalue weighted by Gasteiger charge is 2.24. The minimum atomic E-state index is 0.652. The number of hydrogen-bond donors (Lipinski definition) is 1. The van der Waals surface area contributed by atoms with E-state index in [2.05, 4.69) is 29.0 Å². The highest BCUT2D eigenvalue weighted by molar-refractivity contribution is 5.80. The van der Waals surface area contributed by atoms with Gasteiger partial charge >= 0.3 is 0 Å². The van der Waals surface area contributed by atoms with E-state index >= 15 is 0 Å². The summed E-state index contributed by atoms with van der Waals surface area (Å²) >= 11 is 0. The van der Waals surface area contributed by atoms with E-state index in [0.29, 0.717) is 5.92 Å². The van der Waals surface area contributed by atoms with Crippen LogP contribution in [-0.4, -0.2) is 75.3 Å². The van der Waals surface area contributed by atoms with Gasteiger partial charge in [0.2, 0.25) is 0 Å². The number of nitrogens with zero attached hydrogens (tertiary/aromatic N) is 3. The number of hydrogen-bond acceptors (Lipinski definition) is 3. The molecule has 2 saturated heterocycles. The second-order valence-corrected chi connectivity index (χ2v) is 7.17. The van der Waals surface area contributed by atoms with Crippen LogP contribution in [-0.2, 0) is 4.74 Å². The van der Waals surface area contributed by atoms with Gasteiger partial charge in [0.15, 0.2) is 5.96 Å². The molecule has 2 rings (SSSR count). The van der Waals surface area contributed by atoms with Crippen molar-refractivity contribution in [2.24, 2.45) is 16.8 Å². The molecule has 0 aromatic carbocycles. The lowest BCUT2D eigenvalue weighted by Crippen LogP contribution is -2.40. The summed E-state index contributed by atoms with van der Waals surface area (Å²) in [6, 6.07) is 0. The van der Waals surface area contributed by atoms with Gasteiger partial charge in [0, 0.05) is 39.2 Å². The first kappa shape index (κ1) is 18.5. The van der Waals surface area contributed by atoms with E-state index in [4.69, 9.17) is 9.73 Å². The van der Waals surface area contributed by atoms with Gasteiger partial charge in [0.1, 0.15) is 0 Å². The summed E-state index contributed by atoms with van der Waals surface area (Å²) in [5, 5.41) is 3.45. The first-order chi connectivity index (χ1) is 11.2. The summed E-state index contributed by atoms with van der Waals surface area (Å²) in [6.07, 6.45) is 5.10. The fraction of sp³-hybridized carbons (Fsp3) is 0.944. The molecular weight excluding hydrogens is 288 g/mol. The van der Waals surface area contributed by atoms with Gasteiger partial charge in [-0.15, -0.1) is 0 Å². The smallest absolute Gasteiger partial charge is 0.193 e. The number of ether oxygens (including phenoxy) is 1. The summed E-state index contributed by atoms with van der Waals surface area (Å²) in [7, 11) is 1.79. The van der Waals surface area contributed by atoms with E-state index < -0.39 is 0 Å². The highest BCUT2D eigenvalue weighted by Crippen LogP contribution is 2.17. The molecule has 0 aromatic heterocycles. The fourth-order valence-corrected chi connectivity index (χ4v) is 3.59. The zero-order chi connectivity index (χ0) is 16.5. The summed E-state index contributed by atoms with van der Waals surface area (Å²) in [5.41, 5.74) is 0. The molecule has 2 aliphatic rings. The summed E-state index contributed by atoms with van der Waals surface area (Å²) < 4.78 is 5.29. The van der Waals surface area contributed by atoms with Crippen LogP contribution in [0, 0.1) is 11.8 Å². The topological polar surface area (TPSA) is 40.1 Å². The lowest BCUT2D eigenvalue weighted by Gasteiger charge is -2.30. The lowest BCUT2D eigenvalue weighted by atomic mass is 9.99. The van der Waals surface area contributed by atoms with Crippen molar-refractivity contribution >= 4 is 5.96 Å².